The van der Waals surface area contributed by atoms with Gasteiger partial charge in [0.15, 0.2) is 0 Å². The van der Waals surface area contributed by atoms with Gasteiger partial charge in [0, 0.05) is 5.56 Å². The first-order valence-electron chi connectivity index (χ1n) is 7.71. The Kier molecular flexibility index (Phi) is 4.57. The highest BCUT2D eigenvalue weighted by molar-refractivity contribution is 5.91. The molecule has 3 aromatic rings. The van der Waals surface area contributed by atoms with Gasteiger partial charge in [-0.1, -0.05) is 54.1 Å². The van der Waals surface area contributed by atoms with E-state index < -0.39 is 0 Å². The van der Waals surface area contributed by atoms with Crippen LogP contribution < -0.4 is 5.43 Å². The molecule has 0 saturated carbocycles. The predicted molar refractivity (Wildman–Crippen MR) is 96.2 cm³/mol. The molecule has 0 aliphatic rings. The minimum absolute atomic E-state index is 0.132. The third kappa shape index (κ3) is 3.60. The fraction of sp³-hybridized carbons (Fsp3) is 0.100. The van der Waals surface area contributed by atoms with Gasteiger partial charge in [0.25, 0.3) is 0 Å². The second-order valence-corrected chi connectivity index (χ2v) is 5.67. The first-order valence-corrected chi connectivity index (χ1v) is 7.71. The lowest BCUT2D eigenvalue weighted by atomic mass is 10.0. The molecule has 3 aromatic carbocycles. The Morgan fingerprint density at radius 1 is 1.12 bits per heavy atom. The van der Waals surface area contributed by atoms with Crippen LogP contribution >= 0.6 is 0 Å². The van der Waals surface area contributed by atoms with E-state index in [1.807, 2.05) is 55.5 Å². The Morgan fingerprint density at radius 2 is 1.92 bits per heavy atom. The van der Waals surface area contributed by atoms with Gasteiger partial charge < -0.3 is 5.11 Å². The number of nitrogens with zero attached hydrogens (tertiary/aromatic N) is 1. The highest BCUT2D eigenvalue weighted by Gasteiger charge is 2.06. The van der Waals surface area contributed by atoms with Crippen LogP contribution in [0.4, 0.5) is 0 Å². The van der Waals surface area contributed by atoms with Crippen molar-refractivity contribution in [2.75, 3.05) is 0 Å². The number of amides is 1. The summed E-state index contributed by atoms with van der Waals surface area (Å²) in [6.07, 6.45) is 1.70. The third-order valence-corrected chi connectivity index (χ3v) is 3.81. The molecule has 0 saturated heterocycles. The van der Waals surface area contributed by atoms with Crippen LogP contribution in [0.3, 0.4) is 0 Å². The number of aromatic hydroxyl groups is 1. The molecule has 4 nitrogen and oxygen atoms in total. The molecule has 0 radical (unpaired) electrons. The van der Waals surface area contributed by atoms with Crippen molar-refractivity contribution in [2.24, 2.45) is 5.10 Å². The van der Waals surface area contributed by atoms with E-state index >= 15 is 0 Å². The summed E-state index contributed by atoms with van der Waals surface area (Å²) in [6.45, 7) is 1.93. The molecule has 0 aliphatic heterocycles. The molecule has 1 amide bonds. The Hall–Kier alpha value is -3.14. The van der Waals surface area contributed by atoms with E-state index in [0.717, 1.165) is 21.9 Å². The van der Waals surface area contributed by atoms with Crippen molar-refractivity contribution in [2.45, 2.75) is 13.3 Å². The number of hydrazone groups is 1. The second kappa shape index (κ2) is 6.96. The number of aryl methyl sites for hydroxylation is 1. The van der Waals surface area contributed by atoms with Gasteiger partial charge >= 0.3 is 0 Å². The summed E-state index contributed by atoms with van der Waals surface area (Å²) in [5.41, 5.74) is 5.05. The first kappa shape index (κ1) is 15.7. The van der Waals surface area contributed by atoms with Crippen LogP contribution in [-0.4, -0.2) is 17.2 Å². The summed E-state index contributed by atoms with van der Waals surface area (Å²) >= 11 is 0. The maximum absolute atomic E-state index is 12.1. The van der Waals surface area contributed by atoms with E-state index in [1.165, 1.54) is 6.21 Å². The van der Waals surface area contributed by atoms with Crippen molar-refractivity contribution >= 4 is 22.9 Å². The largest absolute Gasteiger partial charge is 0.507 e. The molecular formula is C20H18N2O2. The Labute approximate surface area is 140 Å². The molecule has 0 aromatic heterocycles. The van der Waals surface area contributed by atoms with Gasteiger partial charge in [-0.15, -0.1) is 0 Å². The summed E-state index contributed by atoms with van der Waals surface area (Å²) < 4.78 is 0. The molecule has 0 fully saturated rings. The van der Waals surface area contributed by atoms with Crippen LogP contribution in [0.1, 0.15) is 16.7 Å². The van der Waals surface area contributed by atoms with Gasteiger partial charge in [0.2, 0.25) is 5.91 Å². The number of phenols is 1. The van der Waals surface area contributed by atoms with Crippen molar-refractivity contribution in [3.05, 3.63) is 77.4 Å². The lowest BCUT2D eigenvalue weighted by molar-refractivity contribution is -0.120. The highest BCUT2D eigenvalue weighted by Crippen LogP contribution is 2.19. The van der Waals surface area contributed by atoms with Crippen molar-refractivity contribution in [1.82, 2.24) is 5.43 Å². The normalized spacial score (nSPS) is 11.0. The number of carbonyl (C=O) groups is 1. The van der Waals surface area contributed by atoms with Gasteiger partial charge in [0.05, 0.1) is 12.6 Å². The molecule has 3 rings (SSSR count). The maximum atomic E-state index is 12.1. The topological polar surface area (TPSA) is 61.7 Å². The monoisotopic (exact) mass is 318 g/mol. The van der Waals surface area contributed by atoms with Crippen molar-refractivity contribution in [1.29, 1.82) is 0 Å². The molecule has 24 heavy (non-hydrogen) atoms. The van der Waals surface area contributed by atoms with Crippen molar-refractivity contribution < 1.29 is 9.90 Å². The summed E-state index contributed by atoms with van der Waals surface area (Å²) in [7, 11) is 0. The van der Waals surface area contributed by atoms with Crippen molar-refractivity contribution in [3.8, 4) is 5.75 Å². The van der Waals surface area contributed by atoms with Crippen LogP contribution in [-0.2, 0) is 11.2 Å². The van der Waals surface area contributed by atoms with Crippen LogP contribution in [0.15, 0.2) is 65.8 Å². The lowest BCUT2D eigenvalue weighted by Crippen LogP contribution is -2.19. The zero-order valence-corrected chi connectivity index (χ0v) is 13.4. The van der Waals surface area contributed by atoms with Crippen LogP contribution in [0, 0.1) is 6.92 Å². The van der Waals surface area contributed by atoms with E-state index in [1.54, 1.807) is 12.1 Å². The average Bonchev–Trinajstić information content (AvgIpc) is 2.58. The fourth-order valence-corrected chi connectivity index (χ4v) is 2.61. The molecule has 0 unspecified atom stereocenters. The van der Waals surface area contributed by atoms with Gasteiger partial charge in [0.1, 0.15) is 5.75 Å². The number of rotatable bonds is 4. The minimum Gasteiger partial charge on any atom is -0.507 e. The first-order chi connectivity index (χ1) is 11.6. The number of hydrogen-bond acceptors (Lipinski definition) is 3. The van der Waals surface area contributed by atoms with Crippen LogP contribution in [0.5, 0.6) is 5.75 Å². The summed E-state index contributed by atoms with van der Waals surface area (Å²) in [5, 5.41) is 15.9. The Balaban J connectivity index is 1.69. The van der Waals surface area contributed by atoms with E-state index in [4.69, 9.17) is 0 Å². The standard InChI is InChI=1S/C20H18N2O2/c1-14-9-10-19(23)17(11-14)13-21-22-20(24)12-16-7-4-6-15-5-2-3-8-18(15)16/h2-11,13,23H,12H2,1H3,(H,22,24). The molecule has 120 valence electrons. The maximum Gasteiger partial charge on any atom is 0.244 e. The second-order valence-electron chi connectivity index (χ2n) is 5.67. The molecule has 4 heteroatoms. The van der Waals surface area contributed by atoms with Gasteiger partial charge in [-0.3, -0.25) is 4.79 Å². The van der Waals surface area contributed by atoms with E-state index in [9.17, 15) is 9.90 Å². The Bertz CT molecular complexity index is 911. The van der Waals surface area contributed by atoms with E-state index in [-0.39, 0.29) is 18.1 Å². The number of phenolic OH excluding ortho intramolecular Hbond substituents is 1. The SMILES string of the molecule is Cc1ccc(O)c(C=NNC(=O)Cc2cccc3ccccc23)c1. The highest BCUT2D eigenvalue weighted by atomic mass is 16.3. The average molecular weight is 318 g/mol. The predicted octanol–water partition coefficient (Wildman–Crippen LogP) is 3.55. The van der Waals surface area contributed by atoms with Gasteiger partial charge in [-0.25, -0.2) is 5.43 Å². The lowest BCUT2D eigenvalue weighted by Gasteiger charge is -2.05. The summed E-state index contributed by atoms with van der Waals surface area (Å²) in [4.78, 5) is 12.1. The number of benzene rings is 3. The number of nitrogens with one attached hydrogen (secondary N) is 1. The fourth-order valence-electron chi connectivity index (χ4n) is 2.61. The van der Waals surface area contributed by atoms with Gasteiger partial charge in [-0.2, -0.15) is 5.10 Å². The van der Waals surface area contributed by atoms with Crippen LogP contribution in [0.25, 0.3) is 10.8 Å². The summed E-state index contributed by atoms with van der Waals surface area (Å²) in [5.74, 6) is -0.0672. The van der Waals surface area contributed by atoms with Gasteiger partial charge in [-0.05, 0) is 35.4 Å². The Morgan fingerprint density at radius 3 is 2.79 bits per heavy atom. The molecule has 0 heterocycles. The zero-order valence-electron chi connectivity index (χ0n) is 13.4. The minimum atomic E-state index is -0.199. The molecule has 0 atom stereocenters. The third-order valence-electron chi connectivity index (χ3n) is 3.81. The smallest absolute Gasteiger partial charge is 0.244 e. The zero-order chi connectivity index (χ0) is 16.9. The summed E-state index contributed by atoms with van der Waals surface area (Å²) in [6, 6.07) is 19.1. The molecular weight excluding hydrogens is 300 g/mol. The molecule has 0 spiro atoms. The number of fused-ring (bicyclic) bond motifs is 1. The molecule has 2 N–H and O–H groups in total. The molecule has 0 aliphatic carbocycles. The van der Waals surface area contributed by atoms with Crippen LogP contribution in [0.2, 0.25) is 0 Å². The van der Waals surface area contributed by atoms with E-state index in [0.29, 0.717) is 5.56 Å². The number of carbonyl (C=O) groups excluding carboxylic acids is 1. The number of hydrogen-bond donors (Lipinski definition) is 2. The molecule has 0 bridgehead atoms. The van der Waals surface area contributed by atoms with E-state index in [2.05, 4.69) is 10.5 Å². The quantitative estimate of drug-likeness (QED) is 0.571. The van der Waals surface area contributed by atoms with Crippen molar-refractivity contribution in [3.63, 3.8) is 0 Å².